The number of aliphatic imine (C=N–C) groups is 1. The van der Waals surface area contributed by atoms with Crippen LogP contribution in [-0.4, -0.2) is 37.3 Å². The number of nitrogens with one attached hydrogen (secondary N) is 2. The molecule has 1 saturated carbocycles. The summed E-state index contributed by atoms with van der Waals surface area (Å²) in [6.07, 6.45) is 2.97. The molecule has 1 aromatic carbocycles. The van der Waals surface area contributed by atoms with Gasteiger partial charge in [0.15, 0.2) is 5.96 Å². The molecule has 142 valence electrons. The summed E-state index contributed by atoms with van der Waals surface area (Å²) in [7, 11) is 0. The van der Waals surface area contributed by atoms with E-state index in [1.165, 1.54) is 25.0 Å². The number of rotatable bonds is 9. The second kappa shape index (κ2) is 11.5. The van der Waals surface area contributed by atoms with Crippen LogP contribution in [0.25, 0.3) is 0 Å². The molecule has 0 bridgehead atoms. The molecule has 1 unspecified atom stereocenters. The number of aliphatic hydroxyl groups is 1. The summed E-state index contributed by atoms with van der Waals surface area (Å²) >= 11 is 0. The maximum atomic E-state index is 12.1. The highest BCUT2D eigenvalue weighted by Crippen LogP contribution is 2.31. The van der Waals surface area contributed by atoms with E-state index in [0.29, 0.717) is 11.5 Å². The fraction of sp³-hybridized carbons (Fsp3) is 0.588. The molecule has 2 rings (SSSR count). The molecule has 1 fully saturated rings. The number of benzene rings is 1. The van der Waals surface area contributed by atoms with E-state index in [-0.39, 0.29) is 36.3 Å². The number of nitrogens with zero attached hydrogens (tertiary/aromatic N) is 1. The van der Waals surface area contributed by atoms with Gasteiger partial charge in [-0.25, -0.2) is 0 Å². The van der Waals surface area contributed by atoms with Crippen LogP contribution in [0.2, 0.25) is 0 Å². The van der Waals surface area contributed by atoms with Gasteiger partial charge >= 0.3 is 6.61 Å². The van der Waals surface area contributed by atoms with Crippen LogP contribution in [0.4, 0.5) is 8.78 Å². The highest BCUT2D eigenvalue weighted by Gasteiger charge is 2.20. The lowest BCUT2D eigenvalue weighted by atomic mass is 10.1. The van der Waals surface area contributed by atoms with Crippen LogP contribution in [0.5, 0.6) is 5.75 Å². The zero-order valence-electron chi connectivity index (χ0n) is 14.3. The van der Waals surface area contributed by atoms with Gasteiger partial charge < -0.3 is 20.5 Å². The molecule has 0 saturated heterocycles. The first-order valence-corrected chi connectivity index (χ1v) is 8.33. The lowest BCUT2D eigenvalue weighted by Gasteiger charge is -2.13. The van der Waals surface area contributed by atoms with Gasteiger partial charge in [-0.3, -0.25) is 4.99 Å². The van der Waals surface area contributed by atoms with E-state index >= 15 is 0 Å². The topological polar surface area (TPSA) is 65.9 Å². The minimum Gasteiger partial charge on any atom is -0.435 e. The van der Waals surface area contributed by atoms with Gasteiger partial charge in [0.2, 0.25) is 0 Å². The third-order valence-corrected chi connectivity index (χ3v) is 3.80. The zero-order chi connectivity index (χ0) is 17.4. The summed E-state index contributed by atoms with van der Waals surface area (Å²) in [5, 5.41) is 16.6. The van der Waals surface area contributed by atoms with Crippen molar-refractivity contribution in [3.63, 3.8) is 0 Å². The Morgan fingerprint density at radius 1 is 1.28 bits per heavy atom. The number of aliphatic hydroxyl groups excluding tert-OH is 1. The first-order chi connectivity index (χ1) is 11.6. The maximum absolute atomic E-state index is 12.1. The first-order valence-electron chi connectivity index (χ1n) is 8.33. The Hall–Kier alpha value is -1.16. The number of hydrogen-bond acceptors (Lipinski definition) is 3. The van der Waals surface area contributed by atoms with E-state index in [1.54, 1.807) is 12.1 Å². The largest absolute Gasteiger partial charge is 0.435 e. The molecule has 1 aromatic rings. The maximum Gasteiger partial charge on any atom is 0.387 e. The van der Waals surface area contributed by atoms with Gasteiger partial charge in [-0.1, -0.05) is 25.0 Å². The highest BCUT2D eigenvalue weighted by molar-refractivity contribution is 14.0. The van der Waals surface area contributed by atoms with Crippen LogP contribution in [0.3, 0.4) is 0 Å². The van der Waals surface area contributed by atoms with E-state index in [9.17, 15) is 13.9 Å². The molecule has 1 aliphatic carbocycles. The van der Waals surface area contributed by atoms with Crippen molar-refractivity contribution in [1.82, 2.24) is 10.6 Å². The Bertz CT molecular complexity index is 525. The summed E-state index contributed by atoms with van der Waals surface area (Å²) in [5.41, 5.74) is 0.606. The van der Waals surface area contributed by atoms with E-state index in [2.05, 4.69) is 20.4 Å². The summed E-state index contributed by atoms with van der Waals surface area (Å²) in [6.45, 7) is 0.927. The van der Waals surface area contributed by atoms with Crippen molar-refractivity contribution in [2.24, 2.45) is 10.9 Å². The van der Waals surface area contributed by atoms with Crippen molar-refractivity contribution in [2.75, 3.05) is 19.6 Å². The summed E-state index contributed by atoms with van der Waals surface area (Å²) in [5.74, 6) is 1.59. The van der Waals surface area contributed by atoms with Crippen LogP contribution in [0.15, 0.2) is 29.3 Å². The second-order valence-electron chi connectivity index (χ2n) is 5.84. The average molecular weight is 469 g/mol. The summed E-state index contributed by atoms with van der Waals surface area (Å²) in [6, 6.07) is 5.94. The fourth-order valence-corrected chi connectivity index (χ4v) is 2.30. The smallest absolute Gasteiger partial charge is 0.387 e. The van der Waals surface area contributed by atoms with Crippen LogP contribution in [0.1, 0.15) is 37.9 Å². The Kier molecular flexibility index (Phi) is 10.0. The Balaban J connectivity index is 0.00000312. The molecule has 1 aliphatic rings. The lowest BCUT2D eigenvalue weighted by molar-refractivity contribution is -0.0498. The van der Waals surface area contributed by atoms with Crippen molar-refractivity contribution in [3.8, 4) is 5.75 Å². The van der Waals surface area contributed by atoms with Crippen molar-refractivity contribution in [1.29, 1.82) is 0 Å². The first kappa shape index (κ1) is 21.9. The van der Waals surface area contributed by atoms with Crippen molar-refractivity contribution in [3.05, 3.63) is 29.8 Å². The monoisotopic (exact) mass is 469 g/mol. The van der Waals surface area contributed by atoms with Gasteiger partial charge in [0.25, 0.3) is 0 Å². The second-order valence-corrected chi connectivity index (χ2v) is 5.84. The summed E-state index contributed by atoms with van der Waals surface area (Å²) < 4.78 is 28.5. The molecular weight excluding hydrogens is 443 g/mol. The SMILES string of the molecule is CCNC(=NCC(O)c1ccc(OC(F)F)cc1)NCCC1CC1.I. The number of ether oxygens (including phenoxy) is 1. The van der Waals surface area contributed by atoms with Crippen LogP contribution in [-0.2, 0) is 0 Å². The third-order valence-electron chi connectivity index (χ3n) is 3.80. The summed E-state index contributed by atoms with van der Waals surface area (Å²) in [4.78, 5) is 4.37. The van der Waals surface area contributed by atoms with Crippen molar-refractivity contribution < 1.29 is 18.6 Å². The Morgan fingerprint density at radius 3 is 2.52 bits per heavy atom. The molecule has 0 heterocycles. The molecule has 0 spiro atoms. The molecule has 5 nitrogen and oxygen atoms in total. The standard InChI is InChI=1S/C17H25F2N3O2.HI/c1-2-20-17(21-10-9-12-3-4-12)22-11-15(23)13-5-7-14(8-6-13)24-16(18)19;/h5-8,12,15-16,23H,2-4,9-11H2,1H3,(H2,20,21,22);1H. The molecule has 0 aliphatic heterocycles. The van der Waals surface area contributed by atoms with Crippen LogP contribution >= 0.6 is 24.0 Å². The van der Waals surface area contributed by atoms with Crippen LogP contribution in [0, 0.1) is 5.92 Å². The van der Waals surface area contributed by atoms with Gasteiger partial charge in [0, 0.05) is 13.1 Å². The third kappa shape index (κ3) is 8.66. The number of alkyl halides is 2. The fourth-order valence-electron chi connectivity index (χ4n) is 2.30. The van der Waals surface area contributed by atoms with Crippen molar-refractivity contribution in [2.45, 2.75) is 38.9 Å². The van der Waals surface area contributed by atoms with Gasteiger partial charge in [0.1, 0.15) is 5.75 Å². The van der Waals surface area contributed by atoms with Gasteiger partial charge in [-0.15, -0.1) is 24.0 Å². The molecule has 3 N–H and O–H groups in total. The average Bonchev–Trinajstić information content (AvgIpc) is 3.36. The number of hydrogen-bond donors (Lipinski definition) is 3. The molecule has 8 heteroatoms. The predicted molar refractivity (Wildman–Crippen MR) is 105 cm³/mol. The number of guanidine groups is 1. The minimum absolute atomic E-state index is 0. The van der Waals surface area contributed by atoms with Gasteiger partial charge in [-0.2, -0.15) is 8.78 Å². The lowest BCUT2D eigenvalue weighted by Crippen LogP contribution is -2.38. The molecule has 25 heavy (non-hydrogen) atoms. The van der Waals surface area contributed by atoms with Crippen molar-refractivity contribution >= 4 is 29.9 Å². The van der Waals surface area contributed by atoms with E-state index < -0.39 is 12.7 Å². The van der Waals surface area contributed by atoms with E-state index in [4.69, 9.17) is 0 Å². The Labute approximate surface area is 164 Å². The normalized spacial score (nSPS) is 15.5. The Morgan fingerprint density at radius 2 is 1.96 bits per heavy atom. The predicted octanol–water partition coefficient (Wildman–Crippen LogP) is 3.29. The zero-order valence-corrected chi connectivity index (χ0v) is 16.6. The van der Waals surface area contributed by atoms with E-state index in [1.807, 2.05) is 6.92 Å². The highest BCUT2D eigenvalue weighted by atomic mass is 127. The van der Waals surface area contributed by atoms with Gasteiger partial charge in [0.05, 0.1) is 12.6 Å². The number of halogens is 3. The molecule has 0 aromatic heterocycles. The molecule has 0 radical (unpaired) electrons. The molecule has 0 amide bonds. The quantitative estimate of drug-likeness (QED) is 0.295. The van der Waals surface area contributed by atoms with E-state index in [0.717, 1.165) is 25.4 Å². The molecule has 1 atom stereocenters. The van der Waals surface area contributed by atoms with Gasteiger partial charge in [-0.05, 0) is 37.0 Å². The minimum atomic E-state index is -2.85. The molecular formula is C17H26F2IN3O2. The van der Waals surface area contributed by atoms with Crippen LogP contribution < -0.4 is 15.4 Å².